The molecule has 0 aromatic carbocycles. The molecule has 0 aromatic heterocycles. The van der Waals surface area contributed by atoms with Gasteiger partial charge in [-0.15, -0.1) is 6.58 Å². The van der Waals surface area contributed by atoms with Crippen molar-refractivity contribution in [2.45, 2.75) is 59.4 Å². The molecule has 0 bridgehead atoms. The number of amides is 1. The van der Waals surface area contributed by atoms with Gasteiger partial charge in [0, 0.05) is 18.5 Å². The molecule has 0 heterocycles. The fourth-order valence-corrected chi connectivity index (χ4v) is 1.97. The van der Waals surface area contributed by atoms with Crippen LogP contribution in [0.3, 0.4) is 0 Å². The molecule has 106 valence electrons. The lowest BCUT2D eigenvalue weighted by Gasteiger charge is -2.36. The second-order valence-electron chi connectivity index (χ2n) is 6.67. The summed E-state index contributed by atoms with van der Waals surface area (Å²) in [5.41, 5.74) is 5.58. The van der Waals surface area contributed by atoms with Gasteiger partial charge in [-0.3, -0.25) is 4.79 Å². The van der Waals surface area contributed by atoms with Crippen molar-refractivity contribution in [1.29, 1.82) is 0 Å². The largest absolute Gasteiger partial charge is 0.334 e. The van der Waals surface area contributed by atoms with E-state index in [1.54, 1.807) is 6.08 Å². The number of nitrogens with zero attached hydrogens (tertiary/aromatic N) is 1. The molecular weight excluding hydrogens is 224 g/mol. The standard InChI is InChI=1S/C15H30N2O/c1-7-12-17(14(2,3)4)13(18)8-9-15(5,6)10-11-16/h7H,1,8-12,16H2,2-6H3. The first kappa shape index (κ1) is 17.2. The van der Waals surface area contributed by atoms with Gasteiger partial charge in [0.1, 0.15) is 0 Å². The van der Waals surface area contributed by atoms with Crippen LogP contribution in [0.25, 0.3) is 0 Å². The molecule has 18 heavy (non-hydrogen) atoms. The molecule has 3 heteroatoms. The minimum atomic E-state index is -0.150. The molecule has 0 aliphatic rings. The maximum absolute atomic E-state index is 12.3. The van der Waals surface area contributed by atoms with Crippen LogP contribution in [-0.4, -0.2) is 29.4 Å². The van der Waals surface area contributed by atoms with E-state index in [2.05, 4.69) is 41.2 Å². The number of rotatable bonds is 7. The molecule has 3 nitrogen and oxygen atoms in total. The summed E-state index contributed by atoms with van der Waals surface area (Å²) >= 11 is 0. The van der Waals surface area contributed by atoms with Gasteiger partial charge in [0.15, 0.2) is 0 Å². The second-order valence-corrected chi connectivity index (χ2v) is 6.67. The van der Waals surface area contributed by atoms with Gasteiger partial charge in [-0.2, -0.15) is 0 Å². The summed E-state index contributed by atoms with van der Waals surface area (Å²) in [5, 5.41) is 0. The van der Waals surface area contributed by atoms with Crippen molar-refractivity contribution in [3.05, 3.63) is 12.7 Å². The van der Waals surface area contributed by atoms with Gasteiger partial charge in [0.2, 0.25) is 5.91 Å². The van der Waals surface area contributed by atoms with Crippen LogP contribution >= 0.6 is 0 Å². The lowest BCUT2D eigenvalue weighted by atomic mass is 9.84. The minimum Gasteiger partial charge on any atom is -0.334 e. The fraction of sp³-hybridized carbons (Fsp3) is 0.800. The van der Waals surface area contributed by atoms with E-state index in [0.29, 0.717) is 19.5 Å². The third kappa shape index (κ3) is 6.20. The van der Waals surface area contributed by atoms with Gasteiger partial charge >= 0.3 is 0 Å². The molecule has 0 radical (unpaired) electrons. The minimum absolute atomic E-state index is 0.141. The molecule has 0 rings (SSSR count). The average molecular weight is 254 g/mol. The van der Waals surface area contributed by atoms with E-state index in [9.17, 15) is 4.79 Å². The van der Waals surface area contributed by atoms with Crippen LogP contribution in [0.1, 0.15) is 53.9 Å². The zero-order valence-corrected chi connectivity index (χ0v) is 12.8. The van der Waals surface area contributed by atoms with E-state index in [1.165, 1.54) is 0 Å². The second kappa shape index (κ2) is 6.93. The third-order valence-electron chi connectivity index (χ3n) is 3.26. The monoisotopic (exact) mass is 254 g/mol. The van der Waals surface area contributed by atoms with E-state index in [4.69, 9.17) is 5.73 Å². The molecule has 0 saturated heterocycles. The van der Waals surface area contributed by atoms with Crippen molar-refractivity contribution in [3.63, 3.8) is 0 Å². The van der Waals surface area contributed by atoms with Crippen molar-refractivity contribution >= 4 is 5.91 Å². The lowest BCUT2D eigenvalue weighted by Crippen LogP contribution is -2.45. The molecule has 0 spiro atoms. The first-order chi connectivity index (χ1) is 8.14. The maximum Gasteiger partial charge on any atom is 0.223 e. The van der Waals surface area contributed by atoms with Crippen LogP contribution in [0.2, 0.25) is 0 Å². The predicted molar refractivity (Wildman–Crippen MR) is 78.3 cm³/mol. The Balaban J connectivity index is 4.49. The van der Waals surface area contributed by atoms with Gasteiger partial charge in [-0.05, 0) is 45.6 Å². The molecule has 0 aliphatic carbocycles. The first-order valence-corrected chi connectivity index (χ1v) is 6.75. The Kier molecular flexibility index (Phi) is 6.61. The third-order valence-corrected chi connectivity index (χ3v) is 3.26. The Bertz CT molecular complexity index is 277. The van der Waals surface area contributed by atoms with Crippen LogP contribution in [0, 0.1) is 5.41 Å². The van der Waals surface area contributed by atoms with Crippen molar-refractivity contribution < 1.29 is 4.79 Å². The average Bonchev–Trinajstić information content (AvgIpc) is 2.21. The van der Waals surface area contributed by atoms with Crippen LogP contribution in [0.4, 0.5) is 0 Å². The molecule has 2 N–H and O–H groups in total. The summed E-state index contributed by atoms with van der Waals surface area (Å²) in [5.74, 6) is 0.201. The summed E-state index contributed by atoms with van der Waals surface area (Å²) in [7, 11) is 0. The Labute approximate surface area is 112 Å². The highest BCUT2D eigenvalue weighted by Gasteiger charge is 2.26. The van der Waals surface area contributed by atoms with E-state index < -0.39 is 0 Å². The van der Waals surface area contributed by atoms with Crippen molar-refractivity contribution in [2.75, 3.05) is 13.1 Å². The highest BCUT2D eigenvalue weighted by molar-refractivity contribution is 5.77. The van der Waals surface area contributed by atoms with E-state index >= 15 is 0 Å². The highest BCUT2D eigenvalue weighted by atomic mass is 16.2. The number of carbonyl (C=O) groups excluding carboxylic acids is 1. The van der Waals surface area contributed by atoms with Crippen molar-refractivity contribution in [3.8, 4) is 0 Å². The molecule has 1 amide bonds. The number of nitrogens with two attached hydrogens (primary N) is 1. The quantitative estimate of drug-likeness (QED) is 0.710. The van der Waals surface area contributed by atoms with Gasteiger partial charge in [-0.1, -0.05) is 19.9 Å². The van der Waals surface area contributed by atoms with Gasteiger partial charge in [0.05, 0.1) is 0 Å². The Hall–Kier alpha value is -0.830. The van der Waals surface area contributed by atoms with E-state index in [-0.39, 0.29) is 16.9 Å². The molecule has 0 unspecified atom stereocenters. The lowest BCUT2D eigenvalue weighted by molar-refractivity contribution is -0.135. The molecule has 0 saturated carbocycles. The Morgan fingerprint density at radius 3 is 2.17 bits per heavy atom. The normalized spacial score (nSPS) is 12.3. The molecule has 0 aromatic rings. The van der Waals surface area contributed by atoms with Crippen molar-refractivity contribution in [2.24, 2.45) is 11.1 Å². The number of carbonyl (C=O) groups is 1. The smallest absolute Gasteiger partial charge is 0.223 e. The van der Waals surface area contributed by atoms with Gasteiger partial charge in [-0.25, -0.2) is 0 Å². The van der Waals surface area contributed by atoms with Crippen LogP contribution < -0.4 is 5.73 Å². The van der Waals surface area contributed by atoms with E-state index in [1.807, 2.05) is 4.90 Å². The summed E-state index contributed by atoms with van der Waals surface area (Å²) in [6.45, 7) is 15.5. The SMILES string of the molecule is C=CCN(C(=O)CCC(C)(C)CCN)C(C)(C)C. The fourth-order valence-electron chi connectivity index (χ4n) is 1.97. The van der Waals surface area contributed by atoms with Crippen LogP contribution in [-0.2, 0) is 4.79 Å². The summed E-state index contributed by atoms with van der Waals surface area (Å²) in [6, 6.07) is 0. The molecule has 0 aliphatic heterocycles. The maximum atomic E-state index is 12.3. The zero-order chi connectivity index (χ0) is 14.4. The molecule has 0 fully saturated rings. The number of hydrogen-bond acceptors (Lipinski definition) is 2. The topological polar surface area (TPSA) is 46.3 Å². The summed E-state index contributed by atoms with van der Waals surface area (Å²) in [4.78, 5) is 14.2. The Morgan fingerprint density at radius 2 is 1.78 bits per heavy atom. The predicted octanol–water partition coefficient (Wildman–Crippen LogP) is 2.95. The highest BCUT2D eigenvalue weighted by Crippen LogP contribution is 2.27. The molecule has 0 atom stereocenters. The molecular formula is C15H30N2O. The Morgan fingerprint density at radius 1 is 1.22 bits per heavy atom. The number of hydrogen-bond donors (Lipinski definition) is 1. The van der Waals surface area contributed by atoms with Crippen LogP contribution in [0.15, 0.2) is 12.7 Å². The summed E-state index contributed by atoms with van der Waals surface area (Å²) in [6.07, 6.45) is 4.20. The van der Waals surface area contributed by atoms with Crippen LogP contribution in [0.5, 0.6) is 0 Å². The van der Waals surface area contributed by atoms with Gasteiger partial charge in [0.25, 0.3) is 0 Å². The van der Waals surface area contributed by atoms with Gasteiger partial charge < -0.3 is 10.6 Å². The van der Waals surface area contributed by atoms with Crippen molar-refractivity contribution in [1.82, 2.24) is 4.90 Å². The first-order valence-electron chi connectivity index (χ1n) is 6.75. The zero-order valence-electron chi connectivity index (χ0n) is 12.8. The van der Waals surface area contributed by atoms with E-state index in [0.717, 1.165) is 12.8 Å². The summed E-state index contributed by atoms with van der Waals surface area (Å²) < 4.78 is 0.